The average Bonchev–Trinajstić information content (AvgIpc) is 2.91. The molecule has 2 rings (SSSR count). The molecule has 2 N–H and O–H groups in total. The number of rotatable bonds is 2. The molecule has 13 heavy (non-hydrogen) atoms. The molecule has 1 aliphatic carbocycles. The molecular weight excluding hydrogens is 160 g/mol. The maximum atomic E-state index is 5.85. The van der Waals surface area contributed by atoms with Crippen LogP contribution in [0.5, 0.6) is 0 Å². The van der Waals surface area contributed by atoms with Gasteiger partial charge < -0.3 is 10.6 Å². The van der Waals surface area contributed by atoms with Gasteiger partial charge in [-0.15, -0.1) is 0 Å². The topological polar surface area (TPSA) is 29.3 Å². The summed E-state index contributed by atoms with van der Waals surface area (Å²) in [7, 11) is 2.15. The van der Waals surface area contributed by atoms with Crippen LogP contribution in [-0.4, -0.2) is 13.1 Å². The van der Waals surface area contributed by atoms with Crippen LogP contribution in [0.15, 0.2) is 18.2 Å². The number of hydrogen-bond acceptors (Lipinski definition) is 2. The Morgan fingerprint density at radius 1 is 1.38 bits per heavy atom. The lowest BCUT2D eigenvalue weighted by atomic mass is 10.1. The van der Waals surface area contributed by atoms with Gasteiger partial charge in [0.1, 0.15) is 0 Å². The van der Waals surface area contributed by atoms with Crippen LogP contribution < -0.4 is 10.6 Å². The van der Waals surface area contributed by atoms with Crippen molar-refractivity contribution in [2.45, 2.75) is 25.8 Å². The first-order chi connectivity index (χ1) is 6.20. The molecule has 0 atom stereocenters. The second kappa shape index (κ2) is 2.95. The fourth-order valence-electron chi connectivity index (χ4n) is 1.68. The minimum atomic E-state index is 0.750. The maximum absolute atomic E-state index is 5.85. The number of benzene rings is 1. The van der Waals surface area contributed by atoms with E-state index in [4.69, 9.17) is 5.73 Å². The largest absolute Gasteiger partial charge is 0.398 e. The Hall–Kier alpha value is -1.18. The summed E-state index contributed by atoms with van der Waals surface area (Å²) in [6.07, 6.45) is 2.65. The summed E-state index contributed by atoms with van der Waals surface area (Å²) in [6.45, 7) is 2.09. The average molecular weight is 176 g/mol. The summed E-state index contributed by atoms with van der Waals surface area (Å²) in [5.41, 5.74) is 9.23. The van der Waals surface area contributed by atoms with Crippen molar-refractivity contribution in [2.75, 3.05) is 17.7 Å². The highest BCUT2D eigenvalue weighted by molar-refractivity contribution is 5.64. The fraction of sp³-hybridized carbons (Fsp3) is 0.455. The predicted molar refractivity (Wildman–Crippen MR) is 57.0 cm³/mol. The standard InChI is InChI=1S/C11H16N2/c1-8-10(12)4-3-5-11(8)13(2)9-6-7-9/h3-5,9H,6-7,12H2,1-2H3. The van der Waals surface area contributed by atoms with Crippen LogP contribution >= 0.6 is 0 Å². The zero-order valence-corrected chi connectivity index (χ0v) is 8.25. The number of anilines is 2. The number of nitrogens with zero attached hydrogens (tertiary/aromatic N) is 1. The first-order valence-corrected chi connectivity index (χ1v) is 4.78. The molecule has 0 heterocycles. The third-order valence-corrected chi connectivity index (χ3v) is 2.82. The van der Waals surface area contributed by atoms with Gasteiger partial charge in [-0.25, -0.2) is 0 Å². The van der Waals surface area contributed by atoms with Crippen molar-refractivity contribution in [3.8, 4) is 0 Å². The van der Waals surface area contributed by atoms with Gasteiger partial charge in [-0.2, -0.15) is 0 Å². The van der Waals surface area contributed by atoms with Crippen molar-refractivity contribution in [1.29, 1.82) is 0 Å². The van der Waals surface area contributed by atoms with Crippen molar-refractivity contribution >= 4 is 11.4 Å². The Morgan fingerprint density at radius 2 is 2.08 bits per heavy atom. The lowest BCUT2D eigenvalue weighted by Gasteiger charge is -2.21. The fourth-order valence-corrected chi connectivity index (χ4v) is 1.68. The quantitative estimate of drug-likeness (QED) is 0.700. The molecular formula is C11H16N2. The summed E-state index contributed by atoms with van der Waals surface area (Å²) >= 11 is 0. The molecule has 0 saturated heterocycles. The highest BCUT2D eigenvalue weighted by Crippen LogP contribution is 2.33. The summed E-state index contributed by atoms with van der Waals surface area (Å²) in [5, 5.41) is 0. The molecule has 0 aromatic heterocycles. The van der Waals surface area contributed by atoms with E-state index in [1.165, 1.54) is 24.1 Å². The van der Waals surface area contributed by atoms with Crippen molar-refractivity contribution in [2.24, 2.45) is 0 Å². The highest BCUT2D eigenvalue weighted by Gasteiger charge is 2.27. The highest BCUT2D eigenvalue weighted by atomic mass is 15.2. The molecule has 0 spiro atoms. The Kier molecular flexibility index (Phi) is 1.91. The third kappa shape index (κ3) is 1.48. The molecule has 1 saturated carbocycles. The first kappa shape index (κ1) is 8.42. The lowest BCUT2D eigenvalue weighted by Crippen LogP contribution is -2.20. The smallest absolute Gasteiger partial charge is 0.0416 e. The Bertz CT molecular complexity index is 316. The summed E-state index contributed by atoms with van der Waals surface area (Å²) in [6, 6.07) is 6.88. The molecule has 1 aliphatic rings. The van der Waals surface area contributed by atoms with Crippen LogP contribution in [-0.2, 0) is 0 Å². The first-order valence-electron chi connectivity index (χ1n) is 4.78. The summed E-state index contributed by atoms with van der Waals surface area (Å²) < 4.78 is 0. The number of nitrogen functional groups attached to an aromatic ring is 1. The zero-order chi connectivity index (χ0) is 9.42. The molecule has 0 bridgehead atoms. The van der Waals surface area contributed by atoms with Crippen molar-refractivity contribution in [3.63, 3.8) is 0 Å². The van der Waals surface area contributed by atoms with E-state index in [1.807, 2.05) is 12.1 Å². The molecule has 0 aliphatic heterocycles. The molecule has 0 unspecified atom stereocenters. The summed E-state index contributed by atoms with van der Waals surface area (Å²) in [4.78, 5) is 2.34. The van der Waals surface area contributed by atoms with Crippen LogP contribution in [0.1, 0.15) is 18.4 Å². The van der Waals surface area contributed by atoms with E-state index >= 15 is 0 Å². The van der Waals surface area contributed by atoms with Gasteiger partial charge in [0.25, 0.3) is 0 Å². The molecule has 2 heteroatoms. The second-order valence-corrected chi connectivity index (χ2v) is 3.83. The Balaban J connectivity index is 2.32. The third-order valence-electron chi connectivity index (χ3n) is 2.82. The van der Waals surface area contributed by atoms with Gasteiger partial charge in [-0.1, -0.05) is 6.07 Å². The van der Waals surface area contributed by atoms with Gasteiger partial charge in [0.2, 0.25) is 0 Å². The second-order valence-electron chi connectivity index (χ2n) is 3.83. The van der Waals surface area contributed by atoms with Crippen LogP contribution in [0, 0.1) is 6.92 Å². The molecule has 1 aromatic rings. The van der Waals surface area contributed by atoms with Gasteiger partial charge in [-0.05, 0) is 37.5 Å². The van der Waals surface area contributed by atoms with E-state index in [2.05, 4.69) is 24.9 Å². The van der Waals surface area contributed by atoms with Crippen LogP contribution in [0.4, 0.5) is 11.4 Å². The van der Waals surface area contributed by atoms with Gasteiger partial charge in [-0.3, -0.25) is 0 Å². The SMILES string of the molecule is Cc1c(N)cccc1N(C)C1CC1. The van der Waals surface area contributed by atoms with Crippen LogP contribution in [0.2, 0.25) is 0 Å². The van der Waals surface area contributed by atoms with Gasteiger partial charge in [0, 0.05) is 24.5 Å². The molecule has 1 fully saturated rings. The maximum Gasteiger partial charge on any atom is 0.0416 e. The van der Waals surface area contributed by atoms with E-state index < -0.39 is 0 Å². The summed E-state index contributed by atoms with van der Waals surface area (Å²) in [5.74, 6) is 0. The van der Waals surface area contributed by atoms with Gasteiger partial charge in [0.05, 0.1) is 0 Å². The van der Waals surface area contributed by atoms with E-state index in [9.17, 15) is 0 Å². The molecule has 0 radical (unpaired) electrons. The molecule has 0 amide bonds. The number of nitrogens with two attached hydrogens (primary N) is 1. The lowest BCUT2D eigenvalue weighted by molar-refractivity contribution is 0.912. The van der Waals surface area contributed by atoms with E-state index in [-0.39, 0.29) is 0 Å². The molecule has 2 nitrogen and oxygen atoms in total. The minimum Gasteiger partial charge on any atom is -0.398 e. The molecule has 1 aromatic carbocycles. The van der Waals surface area contributed by atoms with E-state index in [1.54, 1.807) is 0 Å². The van der Waals surface area contributed by atoms with Crippen molar-refractivity contribution < 1.29 is 0 Å². The predicted octanol–water partition coefficient (Wildman–Crippen LogP) is 2.18. The minimum absolute atomic E-state index is 0.750. The van der Waals surface area contributed by atoms with Gasteiger partial charge in [0.15, 0.2) is 0 Å². The number of hydrogen-bond donors (Lipinski definition) is 1. The van der Waals surface area contributed by atoms with Crippen molar-refractivity contribution in [3.05, 3.63) is 23.8 Å². The van der Waals surface area contributed by atoms with Gasteiger partial charge >= 0.3 is 0 Å². The van der Waals surface area contributed by atoms with E-state index in [0.29, 0.717) is 0 Å². The Morgan fingerprint density at radius 3 is 2.69 bits per heavy atom. The van der Waals surface area contributed by atoms with Crippen LogP contribution in [0.25, 0.3) is 0 Å². The van der Waals surface area contributed by atoms with Crippen molar-refractivity contribution in [1.82, 2.24) is 0 Å². The Labute approximate surface area is 79.4 Å². The monoisotopic (exact) mass is 176 g/mol. The van der Waals surface area contributed by atoms with E-state index in [0.717, 1.165) is 11.7 Å². The normalized spacial score (nSPS) is 15.8. The molecule has 70 valence electrons. The van der Waals surface area contributed by atoms with Crippen LogP contribution in [0.3, 0.4) is 0 Å². The zero-order valence-electron chi connectivity index (χ0n) is 8.25.